The quantitative estimate of drug-likeness (QED) is 0.392. The maximum absolute atomic E-state index is 14.6. The second-order valence-corrected chi connectivity index (χ2v) is 10.8. The van der Waals surface area contributed by atoms with Crippen LogP contribution in [-0.2, 0) is 22.6 Å². The van der Waals surface area contributed by atoms with Gasteiger partial charge in [-0.3, -0.25) is 4.79 Å². The molecule has 3 heterocycles. The van der Waals surface area contributed by atoms with Crippen molar-refractivity contribution >= 4 is 11.9 Å². The Labute approximate surface area is 224 Å². The number of piperidine rings is 1. The molecule has 1 unspecified atom stereocenters. The fraction of sp³-hybridized carbons (Fsp3) is 0.667. The van der Waals surface area contributed by atoms with Gasteiger partial charge in [0.15, 0.2) is 5.82 Å². The zero-order valence-corrected chi connectivity index (χ0v) is 22.0. The maximum atomic E-state index is 14.6. The normalized spacial score (nSPS) is 23.9. The molecular weight excluding hydrogens is 520 g/mol. The predicted octanol–water partition coefficient (Wildman–Crippen LogP) is 4.77. The van der Waals surface area contributed by atoms with Gasteiger partial charge in [-0.15, -0.1) is 0 Å². The number of likely N-dealkylation sites (tertiary alicyclic amines) is 1. The zero-order chi connectivity index (χ0) is 27.6. The van der Waals surface area contributed by atoms with Crippen molar-refractivity contribution in [1.82, 2.24) is 15.0 Å². The third kappa shape index (κ3) is 6.64. The number of hydrogen-bond donors (Lipinski definition) is 0. The van der Waals surface area contributed by atoms with E-state index in [4.69, 9.17) is 14.0 Å². The first-order chi connectivity index (χ1) is 18.7. The highest BCUT2D eigenvalue weighted by atomic mass is 19.4. The summed E-state index contributed by atoms with van der Waals surface area (Å²) in [6, 6.07) is 2.98. The standard InChI is InChI=1S/C27H34F4N4O4/c1-37-16-24-32-26(39-33-24)34-10-6-17(7-11-34)21-13-18(21)8-12-38-20-5-4-19(22(28)15-20)14-25(36)35-9-2-3-23(35)27(29,30)31/h4-5,15,17-18,21,23H,2-3,6-14,16H2,1H3/t18?,21-,23-/m1/s1. The van der Waals surface area contributed by atoms with Crippen LogP contribution >= 0.6 is 0 Å². The van der Waals surface area contributed by atoms with Crippen LogP contribution in [0.5, 0.6) is 5.75 Å². The van der Waals surface area contributed by atoms with Crippen molar-refractivity contribution in [2.45, 2.75) is 63.8 Å². The number of benzene rings is 1. The first-order valence-corrected chi connectivity index (χ1v) is 13.6. The second kappa shape index (κ2) is 11.7. The van der Waals surface area contributed by atoms with Gasteiger partial charge in [0.25, 0.3) is 0 Å². The lowest BCUT2D eigenvalue weighted by Crippen LogP contribution is -2.45. The molecule has 1 aromatic heterocycles. The molecule has 12 heteroatoms. The summed E-state index contributed by atoms with van der Waals surface area (Å²) in [7, 11) is 1.59. The van der Waals surface area contributed by atoms with Crippen LogP contribution in [0.1, 0.15) is 49.9 Å². The van der Waals surface area contributed by atoms with E-state index in [0.717, 1.165) is 43.7 Å². The van der Waals surface area contributed by atoms with Gasteiger partial charge in [-0.1, -0.05) is 11.2 Å². The number of methoxy groups -OCH3 is 1. The highest BCUT2D eigenvalue weighted by Gasteiger charge is 2.47. The van der Waals surface area contributed by atoms with Crippen molar-refractivity contribution in [3.8, 4) is 5.75 Å². The van der Waals surface area contributed by atoms with Crippen molar-refractivity contribution in [1.29, 1.82) is 0 Å². The van der Waals surface area contributed by atoms with Gasteiger partial charge in [0.05, 0.1) is 13.0 Å². The highest BCUT2D eigenvalue weighted by Crippen LogP contribution is 2.50. The smallest absolute Gasteiger partial charge is 0.408 e. The number of amides is 1. The number of carbonyl (C=O) groups excluding carboxylic acids is 1. The summed E-state index contributed by atoms with van der Waals surface area (Å²) in [4.78, 5) is 19.8. The molecule has 1 amide bonds. The van der Waals surface area contributed by atoms with Crippen molar-refractivity contribution in [2.24, 2.45) is 17.8 Å². The largest absolute Gasteiger partial charge is 0.493 e. The summed E-state index contributed by atoms with van der Waals surface area (Å²) in [6.07, 6.45) is -0.508. The molecule has 39 heavy (non-hydrogen) atoms. The minimum absolute atomic E-state index is 0.0431. The van der Waals surface area contributed by atoms with Gasteiger partial charge in [-0.25, -0.2) is 4.39 Å². The van der Waals surface area contributed by atoms with Crippen LogP contribution in [-0.4, -0.2) is 66.5 Å². The third-order valence-electron chi connectivity index (χ3n) is 8.20. The van der Waals surface area contributed by atoms with Gasteiger partial charge in [0.2, 0.25) is 5.91 Å². The molecule has 214 valence electrons. The van der Waals surface area contributed by atoms with Crippen molar-refractivity contribution in [3.63, 3.8) is 0 Å². The van der Waals surface area contributed by atoms with Gasteiger partial charge in [-0.05, 0) is 67.9 Å². The molecule has 3 atom stereocenters. The molecule has 1 saturated carbocycles. The minimum atomic E-state index is -4.47. The number of aromatic nitrogens is 2. The molecule has 2 saturated heterocycles. The van der Waals surface area contributed by atoms with Crippen molar-refractivity contribution in [2.75, 3.05) is 38.3 Å². The van der Waals surface area contributed by atoms with E-state index in [2.05, 4.69) is 15.0 Å². The molecule has 2 aromatic rings. The molecule has 8 nitrogen and oxygen atoms in total. The Bertz CT molecular complexity index is 1140. The number of hydrogen-bond acceptors (Lipinski definition) is 7. The Morgan fingerprint density at radius 1 is 1.18 bits per heavy atom. The Hall–Kier alpha value is -2.89. The van der Waals surface area contributed by atoms with Crippen LogP contribution in [0.2, 0.25) is 0 Å². The second-order valence-electron chi connectivity index (χ2n) is 10.8. The van der Waals surface area contributed by atoms with E-state index in [1.54, 1.807) is 13.2 Å². The Morgan fingerprint density at radius 2 is 1.97 bits per heavy atom. The molecule has 3 fully saturated rings. The van der Waals surface area contributed by atoms with Crippen LogP contribution in [0.4, 0.5) is 23.6 Å². The van der Waals surface area contributed by atoms with E-state index in [1.807, 2.05) is 0 Å². The number of rotatable bonds is 10. The Balaban J connectivity index is 1.03. The van der Waals surface area contributed by atoms with Crippen molar-refractivity contribution < 1.29 is 36.4 Å². The summed E-state index contributed by atoms with van der Waals surface area (Å²) < 4.78 is 70.2. The monoisotopic (exact) mass is 554 g/mol. The lowest BCUT2D eigenvalue weighted by atomic mass is 9.90. The van der Waals surface area contributed by atoms with Gasteiger partial charge >= 0.3 is 12.2 Å². The van der Waals surface area contributed by atoms with E-state index in [1.165, 1.54) is 12.1 Å². The van der Waals surface area contributed by atoms with Crippen LogP contribution < -0.4 is 9.64 Å². The van der Waals surface area contributed by atoms with Crippen LogP contribution in [0.25, 0.3) is 0 Å². The fourth-order valence-corrected chi connectivity index (χ4v) is 6.02. The number of halogens is 4. The van der Waals surface area contributed by atoms with Crippen LogP contribution in [0.15, 0.2) is 22.7 Å². The van der Waals surface area contributed by atoms with Crippen LogP contribution in [0, 0.1) is 23.6 Å². The van der Waals surface area contributed by atoms with E-state index >= 15 is 0 Å². The number of carbonyl (C=O) groups is 1. The number of anilines is 1. The zero-order valence-electron chi connectivity index (χ0n) is 22.0. The van der Waals surface area contributed by atoms with Gasteiger partial charge in [-0.2, -0.15) is 18.2 Å². The summed E-state index contributed by atoms with van der Waals surface area (Å²) in [5.74, 6) is 1.45. The molecule has 5 rings (SSSR count). The molecule has 1 aromatic carbocycles. The molecule has 0 spiro atoms. The van der Waals surface area contributed by atoms with E-state index < -0.39 is 30.4 Å². The van der Waals surface area contributed by atoms with Crippen molar-refractivity contribution in [3.05, 3.63) is 35.4 Å². The summed E-state index contributed by atoms with van der Waals surface area (Å²) >= 11 is 0. The molecule has 0 radical (unpaired) electrons. The highest BCUT2D eigenvalue weighted by molar-refractivity contribution is 5.79. The average Bonchev–Trinajstić information content (AvgIpc) is 3.27. The Morgan fingerprint density at radius 3 is 2.69 bits per heavy atom. The molecule has 2 aliphatic heterocycles. The van der Waals surface area contributed by atoms with E-state index in [9.17, 15) is 22.4 Å². The first kappa shape index (κ1) is 27.7. The Kier molecular flexibility index (Phi) is 8.29. The molecule has 1 aliphatic carbocycles. The van der Waals surface area contributed by atoms with E-state index in [0.29, 0.717) is 55.0 Å². The van der Waals surface area contributed by atoms with Crippen LogP contribution in [0.3, 0.4) is 0 Å². The van der Waals surface area contributed by atoms with Gasteiger partial charge in [0, 0.05) is 32.8 Å². The third-order valence-corrected chi connectivity index (χ3v) is 8.20. The topological polar surface area (TPSA) is 80.9 Å². The minimum Gasteiger partial charge on any atom is -0.493 e. The lowest BCUT2D eigenvalue weighted by Gasteiger charge is -2.30. The maximum Gasteiger partial charge on any atom is 0.408 e. The predicted molar refractivity (Wildman–Crippen MR) is 133 cm³/mol. The first-order valence-electron chi connectivity index (χ1n) is 13.6. The summed E-state index contributed by atoms with van der Waals surface area (Å²) in [5, 5.41) is 3.92. The SMILES string of the molecule is COCc1noc(N2CCC([C@H]3CC3CCOc3ccc(CC(=O)N4CCC[C@@H]4C(F)(F)F)c(F)c3)CC2)n1. The number of ether oxygens (including phenoxy) is 2. The number of alkyl halides is 3. The van der Waals surface area contributed by atoms with Gasteiger partial charge in [0.1, 0.15) is 24.2 Å². The summed E-state index contributed by atoms with van der Waals surface area (Å²) in [5.41, 5.74) is 0.0734. The summed E-state index contributed by atoms with van der Waals surface area (Å²) in [6.45, 7) is 2.58. The molecule has 0 bridgehead atoms. The lowest BCUT2D eigenvalue weighted by molar-refractivity contribution is -0.182. The average molecular weight is 555 g/mol. The number of nitrogens with zero attached hydrogens (tertiary/aromatic N) is 4. The van der Waals surface area contributed by atoms with Gasteiger partial charge < -0.3 is 23.8 Å². The molecule has 3 aliphatic rings. The van der Waals surface area contributed by atoms with E-state index in [-0.39, 0.29) is 18.5 Å². The fourth-order valence-electron chi connectivity index (χ4n) is 6.02. The molecular formula is C27H34F4N4O4. The molecule has 0 N–H and O–H groups in total.